The molecule has 2 aromatic carbocycles. The van der Waals surface area contributed by atoms with Crippen LogP contribution in [-0.2, 0) is 6.18 Å². The third-order valence-corrected chi connectivity index (χ3v) is 4.33. The molecule has 22 heavy (non-hydrogen) atoms. The normalized spacial score (nSPS) is 16.8. The molecule has 1 aliphatic heterocycles. The zero-order valence-electron chi connectivity index (χ0n) is 12.2. The Morgan fingerprint density at radius 2 is 1.41 bits per heavy atom. The van der Waals surface area contributed by atoms with E-state index in [0.29, 0.717) is 5.92 Å². The van der Waals surface area contributed by atoms with Crippen molar-refractivity contribution in [3.05, 3.63) is 65.7 Å². The average molecular weight is 305 g/mol. The molecule has 1 aliphatic rings. The zero-order chi connectivity index (χ0) is 15.6. The number of para-hydroxylation sites is 1. The van der Waals surface area contributed by atoms with E-state index in [0.717, 1.165) is 31.5 Å². The number of benzene rings is 2. The molecule has 116 valence electrons. The molecule has 1 nitrogen and oxygen atoms in total. The van der Waals surface area contributed by atoms with E-state index in [2.05, 4.69) is 17.0 Å². The molecular weight excluding hydrogens is 287 g/mol. The van der Waals surface area contributed by atoms with Crippen molar-refractivity contribution in [3.63, 3.8) is 0 Å². The molecule has 1 heterocycles. The third kappa shape index (κ3) is 3.26. The van der Waals surface area contributed by atoms with Crippen LogP contribution in [0.4, 0.5) is 18.9 Å². The van der Waals surface area contributed by atoms with Crippen LogP contribution in [0.1, 0.15) is 29.9 Å². The van der Waals surface area contributed by atoms with E-state index in [1.54, 1.807) is 12.1 Å². The van der Waals surface area contributed by atoms with Gasteiger partial charge in [0.15, 0.2) is 0 Å². The summed E-state index contributed by atoms with van der Waals surface area (Å²) in [6.07, 6.45) is -2.31. The number of hydrogen-bond acceptors (Lipinski definition) is 1. The van der Waals surface area contributed by atoms with Crippen LogP contribution in [-0.4, -0.2) is 13.1 Å². The maximum Gasteiger partial charge on any atom is 0.416 e. The van der Waals surface area contributed by atoms with Crippen molar-refractivity contribution in [2.45, 2.75) is 24.9 Å². The fourth-order valence-electron chi connectivity index (χ4n) is 3.05. The Balaban J connectivity index is 1.64. The van der Waals surface area contributed by atoms with Gasteiger partial charge in [-0.05, 0) is 48.6 Å². The highest BCUT2D eigenvalue weighted by Crippen LogP contribution is 2.33. The molecule has 4 heteroatoms. The second kappa shape index (κ2) is 6.03. The topological polar surface area (TPSA) is 3.24 Å². The highest BCUT2D eigenvalue weighted by Gasteiger charge is 2.30. The Hall–Kier alpha value is -1.97. The first-order valence-corrected chi connectivity index (χ1v) is 7.51. The molecule has 1 saturated heterocycles. The lowest BCUT2D eigenvalue weighted by Gasteiger charge is -2.34. The number of nitrogens with zero attached hydrogens (tertiary/aromatic N) is 1. The predicted octanol–water partition coefficient (Wildman–Crippen LogP) is 5.09. The molecule has 0 spiro atoms. The van der Waals surface area contributed by atoms with Gasteiger partial charge in [0.2, 0.25) is 0 Å². The smallest absolute Gasteiger partial charge is 0.371 e. The molecule has 0 unspecified atom stereocenters. The van der Waals surface area contributed by atoms with E-state index < -0.39 is 11.7 Å². The molecule has 0 radical (unpaired) electrons. The third-order valence-electron chi connectivity index (χ3n) is 4.33. The van der Waals surface area contributed by atoms with E-state index in [-0.39, 0.29) is 0 Å². The number of rotatable bonds is 2. The Bertz CT molecular complexity index is 596. The van der Waals surface area contributed by atoms with Crippen LogP contribution in [0.5, 0.6) is 0 Å². The van der Waals surface area contributed by atoms with E-state index in [1.165, 1.54) is 17.8 Å². The monoisotopic (exact) mass is 305 g/mol. The maximum absolute atomic E-state index is 12.6. The van der Waals surface area contributed by atoms with E-state index in [1.807, 2.05) is 18.2 Å². The minimum atomic E-state index is -4.25. The molecular formula is C18H18F3N. The summed E-state index contributed by atoms with van der Waals surface area (Å²) in [6, 6.07) is 15.9. The average Bonchev–Trinajstić information content (AvgIpc) is 2.55. The maximum atomic E-state index is 12.6. The lowest BCUT2D eigenvalue weighted by Crippen LogP contribution is -2.32. The standard InChI is InChI=1S/C18H18F3N/c19-18(20,21)16-8-6-14(7-9-16)15-10-12-22(13-11-15)17-4-2-1-3-5-17/h1-9,15H,10-13H2. The van der Waals surface area contributed by atoms with Crippen molar-refractivity contribution in [3.8, 4) is 0 Å². The highest BCUT2D eigenvalue weighted by molar-refractivity contribution is 5.46. The molecule has 0 aromatic heterocycles. The fraction of sp³-hybridized carbons (Fsp3) is 0.333. The van der Waals surface area contributed by atoms with Gasteiger partial charge in [0.25, 0.3) is 0 Å². The van der Waals surface area contributed by atoms with Crippen molar-refractivity contribution in [2.75, 3.05) is 18.0 Å². The SMILES string of the molecule is FC(F)(F)c1ccc(C2CCN(c3ccccc3)CC2)cc1. The van der Waals surface area contributed by atoms with Crippen molar-refractivity contribution >= 4 is 5.69 Å². The van der Waals surface area contributed by atoms with Gasteiger partial charge >= 0.3 is 6.18 Å². The Morgan fingerprint density at radius 3 is 1.95 bits per heavy atom. The van der Waals surface area contributed by atoms with Crippen molar-refractivity contribution < 1.29 is 13.2 Å². The van der Waals surface area contributed by atoms with Gasteiger partial charge < -0.3 is 4.90 Å². The van der Waals surface area contributed by atoms with Gasteiger partial charge in [-0.2, -0.15) is 13.2 Å². The number of hydrogen-bond donors (Lipinski definition) is 0. The first kappa shape index (κ1) is 14.9. The van der Waals surface area contributed by atoms with Crippen LogP contribution >= 0.6 is 0 Å². The summed E-state index contributed by atoms with van der Waals surface area (Å²) in [5, 5.41) is 0. The first-order chi connectivity index (χ1) is 10.5. The second-order valence-electron chi connectivity index (χ2n) is 5.72. The summed E-state index contributed by atoms with van der Waals surface area (Å²) in [4.78, 5) is 2.33. The molecule has 0 N–H and O–H groups in total. The Labute approximate surface area is 128 Å². The highest BCUT2D eigenvalue weighted by atomic mass is 19.4. The number of anilines is 1. The van der Waals surface area contributed by atoms with Gasteiger partial charge in [0.1, 0.15) is 0 Å². The quantitative estimate of drug-likeness (QED) is 0.747. The van der Waals surface area contributed by atoms with Gasteiger partial charge in [0.05, 0.1) is 5.56 Å². The molecule has 0 aliphatic carbocycles. The van der Waals surface area contributed by atoms with Crippen LogP contribution in [0.15, 0.2) is 54.6 Å². The lowest BCUT2D eigenvalue weighted by molar-refractivity contribution is -0.137. The molecule has 2 aromatic rings. The van der Waals surface area contributed by atoms with Crippen molar-refractivity contribution in [1.29, 1.82) is 0 Å². The first-order valence-electron chi connectivity index (χ1n) is 7.51. The lowest BCUT2D eigenvalue weighted by atomic mass is 9.89. The van der Waals surface area contributed by atoms with Gasteiger partial charge in [-0.1, -0.05) is 30.3 Å². The summed E-state index contributed by atoms with van der Waals surface area (Å²) in [5.74, 6) is 0.349. The summed E-state index contributed by atoms with van der Waals surface area (Å²) >= 11 is 0. The number of alkyl halides is 3. The molecule has 1 fully saturated rings. The largest absolute Gasteiger partial charge is 0.416 e. The Morgan fingerprint density at radius 1 is 0.818 bits per heavy atom. The van der Waals surface area contributed by atoms with Crippen molar-refractivity contribution in [2.24, 2.45) is 0 Å². The van der Waals surface area contributed by atoms with Gasteiger partial charge in [-0.15, -0.1) is 0 Å². The molecule has 0 amide bonds. The molecule has 0 saturated carbocycles. The van der Waals surface area contributed by atoms with Crippen LogP contribution in [0.2, 0.25) is 0 Å². The van der Waals surface area contributed by atoms with Gasteiger partial charge in [0, 0.05) is 18.8 Å². The summed E-state index contributed by atoms with van der Waals surface area (Å²) < 4.78 is 37.8. The van der Waals surface area contributed by atoms with E-state index in [9.17, 15) is 13.2 Å². The van der Waals surface area contributed by atoms with Crippen LogP contribution in [0.3, 0.4) is 0 Å². The number of halogens is 3. The summed E-state index contributed by atoms with van der Waals surface area (Å²) in [7, 11) is 0. The van der Waals surface area contributed by atoms with Crippen LogP contribution in [0.25, 0.3) is 0 Å². The van der Waals surface area contributed by atoms with E-state index >= 15 is 0 Å². The minimum Gasteiger partial charge on any atom is -0.371 e. The zero-order valence-corrected chi connectivity index (χ0v) is 12.2. The predicted molar refractivity (Wildman–Crippen MR) is 82.1 cm³/mol. The summed E-state index contributed by atoms with van der Waals surface area (Å²) in [5.41, 5.74) is 1.66. The molecule has 0 bridgehead atoms. The van der Waals surface area contributed by atoms with Gasteiger partial charge in [-0.3, -0.25) is 0 Å². The summed E-state index contributed by atoms with van der Waals surface area (Å²) in [6.45, 7) is 1.88. The fourth-order valence-corrected chi connectivity index (χ4v) is 3.05. The van der Waals surface area contributed by atoms with Crippen LogP contribution in [0, 0.1) is 0 Å². The Kier molecular flexibility index (Phi) is 4.10. The molecule has 3 rings (SSSR count). The van der Waals surface area contributed by atoms with Crippen LogP contribution < -0.4 is 4.90 Å². The van der Waals surface area contributed by atoms with Crippen molar-refractivity contribution in [1.82, 2.24) is 0 Å². The second-order valence-corrected chi connectivity index (χ2v) is 5.72. The number of piperidine rings is 1. The van der Waals surface area contributed by atoms with Gasteiger partial charge in [-0.25, -0.2) is 0 Å². The van der Waals surface area contributed by atoms with E-state index in [4.69, 9.17) is 0 Å². The molecule has 0 atom stereocenters. The minimum absolute atomic E-state index is 0.349.